The van der Waals surface area contributed by atoms with E-state index in [4.69, 9.17) is 51.0 Å². The number of guanidine groups is 2. The molecule has 0 rings (SSSR count). The van der Waals surface area contributed by atoms with E-state index >= 15 is 0 Å². The van der Waals surface area contributed by atoms with Crippen molar-refractivity contribution in [2.45, 2.75) is 37.8 Å². The molecule has 2 atom stereocenters. The molecule has 0 spiro atoms. The highest BCUT2D eigenvalue weighted by atomic mass is 16.2. The van der Waals surface area contributed by atoms with Gasteiger partial charge in [-0.3, -0.25) is 30.0 Å². The lowest BCUT2D eigenvalue weighted by Gasteiger charge is -2.20. The Hall–Kier alpha value is -5.11. The molecule has 242 valence electrons. The van der Waals surface area contributed by atoms with Crippen molar-refractivity contribution in [1.29, 1.82) is 10.8 Å². The summed E-state index contributed by atoms with van der Waals surface area (Å²) in [7, 11) is 0. The molecule has 0 aliphatic heterocycles. The summed E-state index contributed by atoms with van der Waals surface area (Å²) in [6.45, 7) is 4.66. The third-order valence-corrected chi connectivity index (χ3v) is 5.37. The molecule has 22 N–H and O–H groups in total. The molecule has 0 aliphatic carbocycles. The first-order valence-electron chi connectivity index (χ1n) is 13.3. The number of amides is 4. The average Bonchev–Trinajstić information content (AvgIpc) is 2.94. The van der Waals surface area contributed by atoms with Gasteiger partial charge in [0.1, 0.15) is 17.8 Å². The van der Waals surface area contributed by atoms with Gasteiger partial charge in [-0.1, -0.05) is 6.58 Å². The minimum Gasteiger partial charge on any atom is -0.397 e. The molecule has 0 bridgehead atoms. The van der Waals surface area contributed by atoms with Gasteiger partial charge in [-0.05, 0) is 25.7 Å². The lowest BCUT2D eigenvalue weighted by atomic mass is 10.1. The number of nitrogens with one attached hydrogen (secondary N) is 8. The molecule has 0 aromatic rings. The van der Waals surface area contributed by atoms with E-state index in [2.05, 4.69) is 43.5 Å². The van der Waals surface area contributed by atoms with Crippen LogP contribution in [0, 0.1) is 10.8 Å². The number of aliphatic imine (C=N–C) groups is 1. The molecular formula is C23H46N16O4. The molecule has 0 radical (unpaired) electrons. The van der Waals surface area contributed by atoms with Gasteiger partial charge in [0.15, 0.2) is 23.5 Å². The smallest absolute Gasteiger partial charge is 0.272 e. The number of hydrogen-bond acceptors (Lipinski definition) is 12. The monoisotopic (exact) mass is 610 g/mol. The molecule has 0 fully saturated rings. The van der Waals surface area contributed by atoms with E-state index in [-0.39, 0.29) is 69.7 Å². The molecule has 43 heavy (non-hydrogen) atoms. The first-order valence-corrected chi connectivity index (χ1v) is 13.3. The van der Waals surface area contributed by atoms with Gasteiger partial charge in [0, 0.05) is 39.3 Å². The first-order chi connectivity index (χ1) is 20.2. The quantitative estimate of drug-likeness (QED) is 0.0264. The number of carbonyl (C=O) groups excluding carboxylic acids is 4. The fourth-order valence-corrected chi connectivity index (χ4v) is 3.26. The van der Waals surface area contributed by atoms with Gasteiger partial charge in [-0.25, -0.2) is 4.99 Å². The lowest BCUT2D eigenvalue weighted by molar-refractivity contribution is -0.127. The summed E-state index contributed by atoms with van der Waals surface area (Å²) in [6.07, 6.45) is 0.969. The molecule has 2 unspecified atom stereocenters. The summed E-state index contributed by atoms with van der Waals surface area (Å²) in [5.41, 5.74) is 37.4. The molecule has 0 aromatic heterocycles. The van der Waals surface area contributed by atoms with E-state index < -0.39 is 52.9 Å². The number of hydrogen-bond donors (Lipinski definition) is 15. The van der Waals surface area contributed by atoms with Crippen LogP contribution in [-0.2, 0) is 19.2 Å². The van der Waals surface area contributed by atoms with E-state index in [1.165, 1.54) is 0 Å². The Kier molecular flexibility index (Phi) is 18.3. The summed E-state index contributed by atoms with van der Waals surface area (Å²) in [5.74, 6) is -4.09. The SMILES string of the molecule is C=C(N)/C(=N\C(N)=C(/N)C(=O)NC(CCCNC(=N)N)C(=O)NCCN)C(=O)NC(CCCNC(=N)N)C(=O)NCCN. The van der Waals surface area contributed by atoms with Crippen LogP contribution in [0.3, 0.4) is 0 Å². The van der Waals surface area contributed by atoms with Gasteiger partial charge in [-0.2, -0.15) is 0 Å². The van der Waals surface area contributed by atoms with E-state index in [9.17, 15) is 19.2 Å². The standard InChI is InChI=1S/C23H46N16O4/c1-12(26)16(21(43)38-14(19(41)34-11-7-25)5-3-9-36-23(31)32)39-17(28)15(27)20(42)37-13(18(40)33-10-6-24)4-2-8-35-22(29)30/h13-14H,1-11,24-28H2,(H,33,40)(H,34,41)(H,37,42)(H,38,43)(H4,29,30,35)(H4,31,32,36)/b17-15-,39-16+. The minimum atomic E-state index is -1.06. The van der Waals surface area contributed by atoms with E-state index in [1.807, 2.05) is 0 Å². The van der Waals surface area contributed by atoms with Crippen LogP contribution in [-0.4, -0.2) is 92.6 Å². The maximum Gasteiger partial charge on any atom is 0.272 e. The summed E-state index contributed by atoms with van der Waals surface area (Å²) < 4.78 is 0. The van der Waals surface area contributed by atoms with E-state index in [0.29, 0.717) is 12.8 Å². The third-order valence-electron chi connectivity index (χ3n) is 5.37. The Bertz CT molecular complexity index is 1070. The number of nitrogens with zero attached hydrogens (tertiary/aromatic N) is 1. The van der Waals surface area contributed by atoms with E-state index in [0.717, 1.165) is 0 Å². The third kappa shape index (κ3) is 16.1. The van der Waals surface area contributed by atoms with Crippen molar-refractivity contribution in [3.63, 3.8) is 0 Å². The molecule has 20 heteroatoms. The summed E-state index contributed by atoms with van der Waals surface area (Å²) in [6, 6.07) is -2.12. The molecule has 4 amide bonds. The van der Waals surface area contributed by atoms with Crippen molar-refractivity contribution in [2.24, 2.45) is 45.1 Å². The second kappa shape index (κ2) is 20.7. The van der Waals surface area contributed by atoms with Gasteiger partial charge in [-0.15, -0.1) is 0 Å². The van der Waals surface area contributed by atoms with Crippen molar-refractivity contribution in [1.82, 2.24) is 31.9 Å². The van der Waals surface area contributed by atoms with Gasteiger partial charge in [0.2, 0.25) is 11.8 Å². The van der Waals surface area contributed by atoms with Crippen LogP contribution in [0.15, 0.2) is 28.8 Å². The highest BCUT2D eigenvalue weighted by Gasteiger charge is 2.25. The van der Waals surface area contributed by atoms with Crippen LogP contribution < -0.4 is 72.0 Å². The Labute approximate surface area is 249 Å². The fraction of sp³-hybridized carbons (Fsp3) is 0.522. The first kappa shape index (κ1) is 37.9. The van der Waals surface area contributed by atoms with Crippen molar-refractivity contribution in [3.8, 4) is 0 Å². The zero-order valence-corrected chi connectivity index (χ0v) is 24.1. The molecule has 0 aliphatic rings. The average molecular weight is 611 g/mol. The van der Waals surface area contributed by atoms with Gasteiger partial charge >= 0.3 is 0 Å². The molecule has 0 heterocycles. The second-order valence-electron chi connectivity index (χ2n) is 8.96. The highest BCUT2D eigenvalue weighted by Crippen LogP contribution is 2.04. The predicted octanol–water partition coefficient (Wildman–Crippen LogP) is -6.37. The maximum absolute atomic E-state index is 13.0. The number of rotatable bonds is 20. The summed E-state index contributed by atoms with van der Waals surface area (Å²) >= 11 is 0. The second-order valence-corrected chi connectivity index (χ2v) is 8.96. The van der Waals surface area contributed by atoms with Crippen molar-refractivity contribution >= 4 is 41.3 Å². The molecule has 0 saturated heterocycles. The van der Waals surface area contributed by atoms with Gasteiger partial charge in [0.05, 0.1) is 5.70 Å². The largest absolute Gasteiger partial charge is 0.397 e. The van der Waals surface area contributed by atoms with Crippen molar-refractivity contribution < 1.29 is 19.2 Å². The zero-order valence-electron chi connectivity index (χ0n) is 24.1. The van der Waals surface area contributed by atoms with Crippen LogP contribution in [0.25, 0.3) is 0 Å². The molecular weight excluding hydrogens is 564 g/mol. The topological polar surface area (TPSA) is 383 Å². The predicted molar refractivity (Wildman–Crippen MR) is 162 cm³/mol. The lowest BCUT2D eigenvalue weighted by Crippen LogP contribution is -2.50. The summed E-state index contributed by atoms with van der Waals surface area (Å²) in [4.78, 5) is 54.9. The highest BCUT2D eigenvalue weighted by molar-refractivity contribution is 6.45. The van der Waals surface area contributed by atoms with Gasteiger partial charge in [0.25, 0.3) is 11.8 Å². The van der Waals surface area contributed by atoms with Crippen LogP contribution in [0.2, 0.25) is 0 Å². The molecule has 0 saturated carbocycles. The maximum atomic E-state index is 13.0. The normalized spacial score (nSPS) is 12.9. The minimum absolute atomic E-state index is 0.137. The Morgan fingerprint density at radius 1 is 0.674 bits per heavy atom. The Morgan fingerprint density at radius 3 is 1.47 bits per heavy atom. The Morgan fingerprint density at radius 2 is 1.09 bits per heavy atom. The van der Waals surface area contributed by atoms with Crippen LogP contribution in [0.5, 0.6) is 0 Å². The van der Waals surface area contributed by atoms with E-state index in [1.54, 1.807) is 0 Å². The number of carbonyl (C=O) groups is 4. The van der Waals surface area contributed by atoms with Crippen molar-refractivity contribution in [2.75, 3.05) is 39.3 Å². The van der Waals surface area contributed by atoms with Crippen LogP contribution in [0.1, 0.15) is 25.7 Å². The number of nitrogens with two attached hydrogens (primary N) is 7. The van der Waals surface area contributed by atoms with Crippen molar-refractivity contribution in [3.05, 3.63) is 23.8 Å². The Balaban J connectivity index is 5.85. The van der Waals surface area contributed by atoms with Crippen LogP contribution in [0.4, 0.5) is 0 Å². The fourth-order valence-electron chi connectivity index (χ4n) is 3.26. The molecule has 0 aromatic carbocycles. The zero-order chi connectivity index (χ0) is 32.9. The van der Waals surface area contributed by atoms with Crippen LogP contribution >= 0.6 is 0 Å². The summed E-state index contributed by atoms with van der Waals surface area (Å²) in [5, 5.41) is 29.6. The van der Waals surface area contributed by atoms with Gasteiger partial charge < -0.3 is 72.0 Å². The molecule has 20 nitrogen and oxygen atoms in total.